The molecule has 2 fully saturated rings. The maximum atomic E-state index is 6.15. The standard InChI is InChI=1S/C15H29NO2S/c1-3-7-16-14(12-19-2)13-4-8-18-15(11-13)5-9-17-10-6-15/h13-14,16H,3-12H2,1-2H3. The van der Waals surface area contributed by atoms with E-state index < -0.39 is 0 Å². The first-order valence-corrected chi connectivity index (χ1v) is 9.13. The third-order valence-electron chi connectivity index (χ3n) is 4.51. The molecular formula is C15H29NO2S. The average Bonchev–Trinajstić information content (AvgIpc) is 2.44. The molecule has 2 unspecified atom stereocenters. The van der Waals surface area contributed by atoms with Crippen molar-refractivity contribution in [3.63, 3.8) is 0 Å². The fourth-order valence-electron chi connectivity index (χ4n) is 3.37. The maximum Gasteiger partial charge on any atom is 0.0729 e. The van der Waals surface area contributed by atoms with Crippen LogP contribution >= 0.6 is 11.8 Å². The molecule has 1 N–H and O–H groups in total. The first kappa shape index (κ1) is 15.6. The first-order chi connectivity index (χ1) is 9.29. The van der Waals surface area contributed by atoms with E-state index in [1.807, 2.05) is 11.8 Å². The van der Waals surface area contributed by atoms with Crippen molar-refractivity contribution in [1.29, 1.82) is 0 Å². The highest BCUT2D eigenvalue weighted by Crippen LogP contribution is 2.38. The molecule has 2 saturated heterocycles. The van der Waals surface area contributed by atoms with Gasteiger partial charge in [-0.05, 0) is 50.8 Å². The number of ether oxygens (including phenoxy) is 2. The van der Waals surface area contributed by atoms with Gasteiger partial charge in [-0.3, -0.25) is 0 Å². The summed E-state index contributed by atoms with van der Waals surface area (Å²) < 4.78 is 11.7. The van der Waals surface area contributed by atoms with Gasteiger partial charge in [-0.2, -0.15) is 11.8 Å². The van der Waals surface area contributed by atoms with E-state index in [4.69, 9.17) is 9.47 Å². The minimum atomic E-state index is 0.131. The minimum absolute atomic E-state index is 0.131. The monoisotopic (exact) mass is 287 g/mol. The van der Waals surface area contributed by atoms with Crippen LogP contribution in [0, 0.1) is 5.92 Å². The smallest absolute Gasteiger partial charge is 0.0729 e. The van der Waals surface area contributed by atoms with Crippen LogP contribution in [0.15, 0.2) is 0 Å². The van der Waals surface area contributed by atoms with Crippen LogP contribution in [-0.2, 0) is 9.47 Å². The summed E-state index contributed by atoms with van der Waals surface area (Å²) in [6.45, 7) is 6.07. The molecule has 2 aliphatic rings. The van der Waals surface area contributed by atoms with Gasteiger partial charge in [0.15, 0.2) is 0 Å². The predicted octanol–water partition coefficient (Wildman–Crippen LogP) is 2.69. The van der Waals surface area contributed by atoms with Crippen molar-refractivity contribution in [1.82, 2.24) is 5.32 Å². The van der Waals surface area contributed by atoms with Gasteiger partial charge < -0.3 is 14.8 Å². The molecule has 2 aliphatic heterocycles. The molecule has 0 aliphatic carbocycles. The lowest BCUT2D eigenvalue weighted by Crippen LogP contribution is -2.50. The largest absolute Gasteiger partial charge is 0.381 e. The fourth-order valence-corrected chi connectivity index (χ4v) is 4.12. The van der Waals surface area contributed by atoms with Gasteiger partial charge in [0.2, 0.25) is 0 Å². The lowest BCUT2D eigenvalue weighted by molar-refractivity contribution is -0.149. The van der Waals surface area contributed by atoms with Gasteiger partial charge in [-0.15, -0.1) is 0 Å². The average molecular weight is 287 g/mol. The molecule has 4 heteroatoms. The Balaban J connectivity index is 1.93. The van der Waals surface area contributed by atoms with Crippen molar-refractivity contribution in [3.05, 3.63) is 0 Å². The Bertz CT molecular complexity index is 251. The van der Waals surface area contributed by atoms with Crippen molar-refractivity contribution in [2.24, 2.45) is 5.92 Å². The van der Waals surface area contributed by atoms with E-state index in [0.717, 1.165) is 45.1 Å². The molecular weight excluding hydrogens is 258 g/mol. The lowest BCUT2D eigenvalue weighted by atomic mass is 9.78. The van der Waals surface area contributed by atoms with E-state index in [-0.39, 0.29) is 5.60 Å². The van der Waals surface area contributed by atoms with Crippen LogP contribution in [0.25, 0.3) is 0 Å². The Hall–Kier alpha value is 0.230. The van der Waals surface area contributed by atoms with Gasteiger partial charge in [0.1, 0.15) is 0 Å². The predicted molar refractivity (Wildman–Crippen MR) is 81.9 cm³/mol. The molecule has 112 valence electrons. The topological polar surface area (TPSA) is 30.5 Å². The van der Waals surface area contributed by atoms with Crippen molar-refractivity contribution < 1.29 is 9.47 Å². The second-order valence-corrected chi connectivity index (χ2v) is 6.82. The van der Waals surface area contributed by atoms with Gasteiger partial charge in [0, 0.05) is 31.6 Å². The van der Waals surface area contributed by atoms with Crippen LogP contribution in [0.4, 0.5) is 0 Å². The number of hydrogen-bond donors (Lipinski definition) is 1. The summed E-state index contributed by atoms with van der Waals surface area (Å²) >= 11 is 1.96. The first-order valence-electron chi connectivity index (χ1n) is 7.74. The van der Waals surface area contributed by atoms with Crippen molar-refractivity contribution >= 4 is 11.8 Å². The molecule has 2 heterocycles. The van der Waals surface area contributed by atoms with Crippen LogP contribution in [-0.4, -0.2) is 50.0 Å². The quantitative estimate of drug-likeness (QED) is 0.813. The van der Waals surface area contributed by atoms with Gasteiger partial charge in [0.05, 0.1) is 5.60 Å². The molecule has 19 heavy (non-hydrogen) atoms. The Kier molecular flexibility index (Phi) is 6.46. The maximum absolute atomic E-state index is 6.15. The van der Waals surface area contributed by atoms with Crippen LogP contribution in [0.3, 0.4) is 0 Å². The third-order valence-corrected chi connectivity index (χ3v) is 5.20. The van der Waals surface area contributed by atoms with Gasteiger partial charge in [0.25, 0.3) is 0 Å². The molecule has 3 nitrogen and oxygen atoms in total. The Morgan fingerprint density at radius 3 is 2.79 bits per heavy atom. The fraction of sp³-hybridized carbons (Fsp3) is 1.00. The van der Waals surface area contributed by atoms with E-state index in [9.17, 15) is 0 Å². The summed E-state index contributed by atoms with van der Waals surface area (Å²) in [5, 5.41) is 3.75. The zero-order valence-corrected chi connectivity index (χ0v) is 13.3. The lowest BCUT2D eigenvalue weighted by Gasteiger charge is -2.45. The highest BCUT2D eigenvalue weighted by Gasteiger charge is 2.40. The summed E-state index contributed by atoms with van der Waals surface area (Å²) in [5.74, 6) is 1.99. The van der Waals surface area contributed by atoms with Crippen LogP contribution < -0.4 is 5.32 Å². The van der Waals surface area contributed by atoms with Gasteiger partial charge >= 0.3 is 0 Å². The number of rotatable bonds is 6. The molecule has 0 saturated carbocycles. The van der Waals surface area contributed by atoms with E-state index in [1.165, 1.54) is 25.0 Å². The number of thioether (sulfide) groups is 1. The normalized spacial score (nSPS) is 28.4. The summed E-state index contributed by atoms with van der Waals surface area (Å²) in [7, 11) is 0. The third kappa shape index (κ3) is 4.35. The molecule has 0 aromatic rings. The minimum Gasteiger partial charge on any atom is -0.381 e. The molecule has 0 radical (unpaired) electrons. The molecule has 0 bridgehead atoms. The Morgan fingerprint density at radius 2 is 2.11 bits per heavy atom. The van der Waals surface area contributed by atoms with Crippen molar-refractivity contribution in [2.45, 2.75) is 50.7 Å². The summed E-state index contributed by atoms with van der Waals surface area (Å²) in [6.07, 6.45) is 8.03. The van der Waals surface area contributed by atoms with Crippen molar-refractivity contribution in [2.75, 3.05) is 38.4 Å². The summed E-state index contributed by atoms with van der Waals surface area (Å²) in [4.78, 5) is 0. The number of nitrogens with one attached hydrogen (secondary N) is 1. The number of hydrogen-bond acceptors (Lipinski definition) is 4. The Morgan fingerprint density at radius 1 is 1.32 bits per heavy atom. The SMILES string of the molecule is CCCNC(CSC)C1CCOC2(CCOCC2)C1. The van der Waals surface area contributed by atoms with Gasteiger partial charge in [-0.1, -0.05) is 6.92 Å². The molecule has 1 spiro atoms. The highest BCUT2D eigenvalue weighted by atomic mass is 32.2. The zero-order valence-electron chi connectivity index (χ0n) is 12.5. The van der Waals surface area contributed by atoms with Crippen LogP contribution in [0.5, 0.6) is 0 Å². The second kappa shape index (κ2) is 7.87. The van der Waals surface area contributed by atoms with E-state index in [2.05, 4.69) is 18.5 Å². The molecule has 0 aromatic heterocycles. The molecule has 2 rings (SSSR count). The van der Waals surface area contributed by atoms with Crippen LogP contribution in [0.2, 0.25) is 0 Å². The van der Waals surface area contributed by atoms with Gasteiger partial charge in [-0.25, -0.2) is 0 Å². The molecule has 0 amide bonds. The van der Waals surface area contributed by atoms with E-state index in [0.29, 0.717) is 6.04 Å². The Labute approximate surface area is 122 Å². The molecule has 2 atom stereocenters. The zero-order chi connectivity index (χ0) is 13.6. The summed E-state index contributed by atoms with van der Waals surface area (Å²) in [5.41, 5.74) is 0.131. The second-order valence-electron chi connectivity index (χ2n) is 5.91. The molecule has 0 aromatic carbocycles. The van der Waals surface area contributed by atoms with E-state index >= 15 is 0 Å². The highest BCUT2D eigenvalue weighted by molar-refractivity contribution is 7.98. The van der Waals surface area contributed by atoms with Crippen molar-refractivity contribution in [3.8, 4) is 0 Å². The van der Waals surface area contributed by atoms with Crippen LogP contribution in [0.1, 0.15) is 39.0 Å². The summed E-state index contributed by atoms with van der Waals surface area (Å²) in [6, 6.07) is 0.651. The van der Waals surface area contributed by atoms with E-state index in [1.54, 1.807) is 0 Å².